The third-order valence-electron chi connectivity index (χ3n) is 2.89. The second kappa shape index (κ2) is 6.30. The summed E-state index contributed by atoms with van der Waals surface area (Å²) in [5.41, 5.74) is 0.346. The molecular formula is C15H12F3NO2. The van der Waals surface area contributed by atoms with Gasteiger partial charge < -0.3 is 10.1 Å². The first-order valence-electron chi connectivity index (χ1n) is 6.07. The smallest absolute Gasteiger partial charge is 0.338 e. The minimum Gasteiger partial charge on any atom is -0.465 e. The molecule has 2 aromatic rings. The van der Waals surface area contributed by atoms with Crippen LogP contribution in [0.2, 0.25) is 0 Å². The summed E-state index contributed by atoms with van der Waals surface area (Å²) in [6.07, 6.45) is 0. The summed E-state index contributed by atoms with van der Waals surface area (Å²) in [5, 5.41) is 2.52. The zero-order chi connectivity index (χ0) is 15.4. The van der Waals surface area contributed by atoms with Gasteiger partial charge in [-0.05, 0) is 11.6 Å². The van der Waals surface area contributed by atoms with Gasteiger partial charge in [0.15, 0.2) is 11.6 Å². The molecule has 110 valence electrons. The van der Waals surface area contributed by atoms with Gasteiger partial charge in [0.1, 0.15) is 11.5 Å². The van der Waals surface area contributed by atoms with Crippen LogP contribution in [0.15, 0.2) is 36.4 Å². The second-order valence-electron chi connectivity index (χ2n) is 4.25. The molecule has 0 heterocycles. The molecular weight excluding hydrogens is 283 g/mol. The number of rotatable bonds is 4. The molecule has 6 heteroatoms. The SMILES string of the molecule is COC(=O)c1ccccc1CNc1c(F)cc(F)cc1F. The fourth-order valence-corrected chi connectivity index (χ4v) is 1.88. The van der Waals surface area contributed by atoms with Crippen molar-refractivity contribution in [3.05, 3.63) is 65.0 Å². The fraction of sp³-hybridized carbons (Fsp3) is 0.133. The Hall–Kier alpha value is -2.50. The van der Waals surface area contributed by atoms with Crippen LogP contribution in [0, 0.1) is 17.5 Å². The molecule has 0 atom stereocenters. The summed E-state index contributed by atoms with van der Waals surface area (Å²) in [7, 11) is 1.24. The minimum absolute atomic E-state index is 0.00918. The van der Waals surface area contributed by atoms with E-state index in [-0.39, 0.29) is 12.1 Å². The quantitative estimate of drug-likeness (QED) is 0.877. The molecule has 0 aliphatic rings. The molecule has 0 aliphatic heterocycles. The van der Waals surface area contributed by atoms with Crippen LogP contribution in [-0.4, -0.2) is 13.1 Å². The summed E-state index contributed by atoms with van der Waals surface area (Å²) < 4.78 is 44.5. The fourth-order valence-electron chi connectivity index (χ4n) is 1.88. The van der Waals surface area contributed by atoms with Gasteiger partial charge in [-0.25, -0.2) is 18.0 Å². The van der Waals surface area contributed by atoms with E-state index in [1.807, 2.05) is 0 Å². The average molecular weight is 295 g/mol. The van der Waals surface area contributed by atoms with Crippen LogP contribution in [0.1, 0.15) is 15.9 Å². The number of anilines is 1. The summed E-state index contributed by atoms with van der Waals surface area (Å²) >= 11 is 0. The van der Waals surface area contributed by atoms with Crippen molar-refractivity contribution in [1.82, 2.24) is 0 Å². The Labute approximate surface area is 119 Å². The predicted molar refractivity (Wildman–Crippen MR) is 71.4 cm³/mol. The van der Waals surface area contributed by atoms with E-state index in [2.05, 4.69) is 10.1 Å². The van der Waals surface area contributed by atoms with Crippen LogP contribution in [0.3, 0.4) is 0 Å². The Morgan fingerprint density at radius 2 is 1.76 bits per heavy atom. The standard InChI is InChI=1S/C15H12F3NO2/c1-21-15(20)11-5-3-2-4-9(11)8-19-14-12(17)6-10(16)7-13(14)18/h2-7,19H,8H2,1H3. The molecule has 0 amide bonds. The van der Waals surface area contributed by atoms with E-state index in [0.29, 0.717) is 17.7 Å². The molecule has 0 aliphatic carbocycles. The highest BCUT2D eigenvalue weighted by atomic mass is 19.1. The molecule has 0 aromatic heterocycles. The number of hydrogen-bond acceptors (Lipinski definition) is 3. The highest BCUT2D eigenvalue weighted by Crippen LogP contribution is 2.21. The van der Waals surface area contributed by atoms with E-state index >= 15 is 0 Å². The van der Waals surface area contributed by atoms with E-state index in [1.165, 1.54) is 7.11 Å². The van der Waals surface area contributed by atoms with Crippen LogP contribution in [-0.2, 0) is 11.3 Å². The Balaban J connectivity index is 2.23. The Kier molecular flexibility index (Phi) is 4.47. The monoisotopic (exact) mass is 295 g/mol. The number of nitrogens with one attached hydrogen (secondary N) is 1. The van der Waals surface area contributed by atoms with Crippen LogP contribution < -0.4 is 5.32 Å². The molecule has 3 nitrogen and oxygen atoms in total. The molecule has 0 fully saturated rings. The lowest BCUT2D eigenvalue weighted by molar-refractivity contribution is 0.0599. The topological polar surface area (TPSA) is 38.3 Å². The van der Waals surface area contributed by atoms with E-state index in [0.717, 1.165) is 0 Å². The van der Waals surface area contributed by atoms with Crippen LogP contribution in [0.4, 0.5) is 18.9 Å². The molecule has 0 saturated carbocycles. The van der Waals surface area contributed by atoms with Crippen molar-refractivity contribution < 1.29 is 22.7 Å². The Morgan fingerprint density at radius 3 is 2.38 bits per heavy atom. The number of carbonyl (C=O) groups is 1. The number of benzene rings is 2. The lowest BCUT2D eigenvalue weighted by atomic mass is 10.1. The van der Waals surface area contributed by atoms with Crippen LogP contribution in [0.5, 0.6) is 0 Å². The van der Waals surface area contributed by atoms with Gasteiger partial charge in [0.2, 0.25) is 0 Å². The summed E-state index contributed by atoms with van der Waals surface area (Å²) in [5.74, 6) is -3.62. The van der Waals surface area contributed by atoms with Crippen molar-refractivity contribution in [1.29, 1.82) is 0 Å². The predicted octanol–water partition coefficient (Wildman–Crippen LogP) is 3.50. The van der Waals surface area contributed by atoms with Gasteiger partial charge in [-0.3, -0.25) is 0 Å². The highest BCUT2D eigenvalue weighted by Gasteiger charge is 2.14. The van der Waals surface area contributed by atoms with Crippen molar-refractivity contribution >= 4 is 11.7 Å². The molecule has 0 saturated heterocycles. The number of esters is 1. The van der Waals surface area contributed by atoms with Gasteiger partial charge >= 0.3 is 5.97 Å². The van der Waals surface area contributed by atoms with Gasteiger partial charge in [0, 0.05) is 18.7 Å². The normalized spacial score (nSPS) is 10.3. The van der Waals surface area contributed by atoms with Crippen molar-refractivity contribution in [3.8, 4) is 0 Å². The van der Waals surface area contributed by atoms with E-state index in [1.54, 1.807) is 24.3 Å². The molecule has 0 radical (unpaired) electrons. The van der Waals surface area contributed by atoms with Gasteiger partial charge in [0.05, 0.1) is 12.7 Å². The third-order valence-corrected chi connectivity index (χ3v) is 2.89. The largest absolute Gasteiger partial charge is 0.465 e. The average Bonchev–Trinajstić information content (AvgIpc) is 2.45. The maximum absolute atomic E-state index is 13.5. The first-order valence-corrected chi connectivity index (χ1v) is 6.07. The third kappa shape index (κ3) is 3.34. The second-order valence-corrected chi connectivity index (χ2v) is 4.25. The highest BCUT2D eigenvalue weighted by molar-refractivity contribution is 5.91. The number of hydrogen-bond donors (Lipinski definition) is 1. The van der Waals surface area contributed by atoms with Crippen molar-refractivity contribution in [2.24, 2.45) is 0 Å². The number of halogens is 3. The van der Waals surface area contributed by atoms with Crippen LogP contribution in [0.25, 0.3) is 0 Å². The van der Waals surface area contributed by atoms with E-state index in [9.17, 15) is 18.0 Å². The van der Waals surface area contributed by atoms with Gasteiger partial charge in [-0.1, -0.05) is 18.2 Å². The maximum Gasteiger partial charge on any atom is 0.338 e. The number of ether oxygens (including phenoxy) is 1. The van der Waals surface area contributed by atoms with Gasteiger partial charge in [0.25, 0.3) is 0 Å². The van der Waals surface area contributed by atoms with E-state index in [4.69, 9.17) is 0 Å². The summed E-state index contributed by atoms with van der Waals surface area (Å²) in [6.45, 7) is -0.00918. The van der Waals surface area contributed by atoms with Crippen LogP contribution >= 0.6 is 0 Å². The number of carbonyl (C=O) groups excluding carboxylic acids is 1. The molecule has 2 rings (SSSR count). The zero-order valence-electron chi connectivity index (χ0n) is 11.1. The lowest BCUT2D eigenvalue weighted by Gasteiger charge is -2.11. The molecule has 2 aromatic carbocycles. The zero-order valence-corrected chi connectivity index (χ0v) is 11.1. The molecule has 1 N–H and O–H groups in total. The molecule has 0 spiro atoms. The van der Waals surface area contributed by atoms with Crippen molar-refractivity contribution in [2.45, 2.75) is 6.54 Å². The first kappa shape index (κ1) is 14.9. The molecule has 21 heavy (non-hydrogen) atoms. The minimum atomic E-state index is -1.04. The van der Waals surface area contributed by atoms with Gasteiger partial charge in [-0.15, -0.1) is 0 Å². The maximum atomic E-state index is 13.5. The molecule has 0 unspecified atom stereocenters. The summed E-state index contributed by atoms with van der Waals surface area (Å²) in [6, 6.07) is 7.66. The summed E-state index contributed by atoms with van der Waals surface area (Å²) in [4.78, 5) is 11.6. The Morgan fingerprint density at radius 1 is 1.14 bits per heavy atom. The Bertz CT molecular complexity index is 651. The van der Waals surface area contributed by atoms with Crippen molar-refractivity contribution in [3.63, 3.8) is 0 Å². The van der Waals surface area contributed by atoms with Gasteiger partial charge in [-0.2, -0.15) is 0 Å². The lowest BCUT2D eigenvalue weighted by Crippen LogP contribution is -2.10. The number of methoxy groups -OCH3 is 1. The molecule has 0 bridgehead atoms. The first-order chi connectivity index (χ1) is 10.0. The van der Waals surface area contributed by atoms with E-state index < -0.39 is 29.1 Å². The van der Waals surface area contributed by atoms with Crippen molar-refractivity contribution in [2.75, 3.05) is 12.4 Å².